The first-order chi connectivity index (χ1) is 12.7. The number of hydrogen-bond acceptors (Lipinski definition) is 6. The predicted octanol–water partition coefficient (Wildman–Crippen LogP) is 2.67. The van der Waals surface area contributed by atoms with E-state index in [9.17, 15) is 21.6 Å². The molecule has 2 aromatic carbocycles. The third-order valence-corrected chi connectivity index (χ3v) is 4.89. The summed E-state index contributed by atoms with van der Waals surface area (Å²) in [7, 11) is -4.03. The van der Waals surface area contributed by atoms with E-state index in [4.69, 9.17) is 0 Å². The molecule has 0 unspecified atom stereocenters. The number of alkyl halides is 3. The highest BCUT2D eigenvalue weighted by Crippen LogP contribution is 2.27. The lowest BCUT2D eigenvalue weighted by molar-refractivity contribution is -0.274. The molecular weight excluding hydrogens is 387 g/mol. The molecule has 0 saturated carbocycles. The van der Waals surface area contributed by atoms with E-state index in [2.05, 4.69) is 25.0 Å². The molecule has 1 aromatic heterocycles. The fourth-order valence-electron chi connectivity index (χ4n) is 2.28. The Labute approximate surface area is 151 Å². The second kappa shape index (κ2) is 6.87. The van der Waals surface area contributed by atoms with Gasteiger partial charge in [-0.1, -0.05) is 6.07 Å². The van der Waals surface area contributed by atoms with E-state index in [1.54, 1.807) is 25.1 Å². The van der Waals surface area contributed by atoms with Crippen molar-refractivity contribution in [3.63, 3.8) is 0 Å². The summed E-state index contributed by atoms with van der Waals surface area (Å²) < 4.78 is 69.1. The number of rotatable bonds is 5. The minimum Gasteiger partial charge on any atom is -0.406 e. The van der Waals surface area contributed by atoms with Crippen molar-refractivity contribution in [2.45, 2.75) is 18.2 Å². The van der Waals surface area contributed by atoms with Gasteiger partial charge in [0.2, 0.25) is 0 Å². The fraction of sp³-hybridized carbons (Fsp3) is 0.133. The second-order valence-electron chi connectivity index (χ2n) is 5.33. The fourth-order valence-corrected chi connectivity index (χ4v) is 3.40. The van der Waals surface area contributed by atoms with Crippen molar-refractivity contribution >= 4 is 15.7 Å². The van der Waals surface area contributed by atoms with E-state index in [0.717, 1.165) is 24.3 Å². The number of benzene rings is 2. The number of nitrogens with one attached hydrogen (secondary N) is 1. The van der Waals surface area contributed by atoms with E-state index < -0.39 is 22.1 Å². The highest BCUT2D eigenvalue weighted by atomic mass is 32.2. The Morgan fingerprint density at radius 2 is 1.81 bits per heavy atom. The first kappa shape index (κ1) is 18.6. The van der Waals surface area contributed by atoms with E-state index in [1.807, 2.05) is 0 Å². The largest absolute Gasteiger partial charge is 0.573 e. The van der Waals surface area contributed by atoms with Gasteiger partial charge in [0.05, 0.1) is 16.3 Å². The van der Waals surface area contributed by atoms with Gasteiger partial charge in [0, 0.05) is 0 Å². The predicted molar refractivity (Wildman–Crippen MR) is 87.8 cm³/mol. The number of halogens is 3. The van der Waals surface area contributed by atoms with Gasteiger partial charge < -0.3 is 4.74 Å². The zero-order valence-electron chi connectivity index (χ0n) is 13.7. The number of tetrazole rings is 1. The summed E-state index contributed by atoms with van der Waals surface area (Å²) in [4.78, 5) is -0.218. The Balaban J connectivity index is 1.86. The number of aromatic nitrogens is 4. The van der Waals surface area contributed by atoms with Crippen LogP contribution in [0.4, 0.5) is 18.9 Å². The van der Waals surface area contributed by atoms with Crippen LogP contribution in [0.3, 0.4) is 0 Å². The molecule has 0 spiro atoms. The van der Waals surface area contributed by atoms with Gasteiger partial charge in [0.15, 0.2) is 0 Å². The Hall–Kier alpha value is -3.15. The van der Waals surface area contributed by atoms with Gasteiger partial charge in [-0.25, -0.2) is 13.1 Å². The Kier molecular flexibility index (Phi) is 4.74. The molecule has 0 bridgehead atoms. The molecule has 3 aromatic rings. The molecule has 0 atom stereocenters. The lowest BCUT2D eigenvalue weighted by Gasteiger charge is -2.14. The van der Waals surface area contributed by atoms with Gasteiger partial charge in [-0.15, -0.1) is 18.3 Å². The molecule has 0 aliphatic carbocycles. The summed E-state index contributed by atoms with van der Waals surface area (Å²) in [6, 6.07) is 8.74. The summed E-state index contributed by atoms with van der Waals surface area (Å²) in [6.45, 7) is 1.68. The van der Waals surface area contributed by atoms with Crippen molar-refractivity contribution in [1.82, 2.24) is 20.2 Å². The maximum atomic E-state index is 12.5. The quantitative estimate of drug-likeness (QED) is 0.708. The molecule has 1 heterocycles. The molecule has 8 nitrogen and oxygen atoms in total. The Bertz CT molecular complexity index is 1040. The first-order valence-electron chi connectivity index (χ1n) is 7.37. The molecule has 12 heteroatoms. The molecular formula is C15H12F3N5O3S. The molecule has 3 rings (SSSR count). The number of anilines is 1. The molecule has 142 valence electrons. The lowest BCUT2D eigenvalue weighted by atomic mass is 10.1. The summed E-state index contributed by atoms with van der Waals surface area (Å²) >= 11 is 0. The highest BCUT2D eigenvalue weighted by molar-refractivity contribution is 7.92. The van der Waals surface area contributed by atoms with Crippen LogP contribution in [0.5, 0.6) is 5.75 Å². The van der Waals surface area contributed by atoms with Crippen LogP contribution in [-0.4, -0.2) is 35.0 Å². The third kappa shape index (κ3) is 4.34. The zero-order chi connectivity index (χ0) is 19.7. The zero-order valence-corrected chi connectivity index (χ0v) is 14.5. The number of sulfonamides is 1. The van der Waals surface area contributed by atoms with Crippen LogP contribution in [0.25, 0.3) is 5.69 Å². The maximum Gasteiger partial charge on any atom is 0.573 e. The molecule has 0 aliphatic heterocycles. The second-order valence-corrected chi connectivity index (χ2v) is 7.01. The van der Waals surface area contributed by atoms with Crippen LogP contribution in [0, 0.1) is 6.92 Å². The smallest absolute Gasteiger partial charge is 0.406 e. The lowest BCUT2D eigenvalue weighted by Crippen LogP contribution is -2.17. The molecule has 0 fully saturated rings. The van der Waals surface area contributed by atoms with Gasteiger partial charge in [-0.3, -0.25) is 4.72 Å². The normalized spacial score (nSPS) is 12.0. The first-order valence-corrected chi connectivity index (χ1v) is 8.86. The third-order valence-electron chi connectivity index (χ3n) is 3.51. The molecule has 0 aliphatic rings. The number of hydrogen-bond donors (Lipinski definition) is 1. The maximum absolute atomic E-state index is 12.5. The average Bonchev–Trinajstić information content (AvgIpc) is 3.10. The standard InChI is InChI=1S/C15H12F3N5O3S/c1-10-13(3-2-4-14(10)23-9-19-21-22-23)20-27(24,25)12-7-5-11(6-8-12)26-15(16,17)18/h2-9,20H,1H3. The monoisotopic (exact) mass is 399 g/mol. The van der Waals surface area contributed by atoms with Crippen LogP contribution < -0.4 is 9.46 Å². The molecule has 1 N–H and O–H groups in total. The van der Waals surface area contributed by atoms with Crippen LogP contribution >= 0.6 is 0 Å². The average molecular weight is 399 g/mol. The Morgan fingerprint density at radius 1 is 1.11 bits per heavy atom. The van der Waals surface area contributed by atoms with Crippen molar-refractivity contribution in [3.05, 3.63) is 54.4 Å². The number of nitrogens with zero attached hydrogens (tertiary/aromatic N) is 4. The minimum absolute atomic E-state index is 0.218. The van der Waals surface area contributed by atoms with Crippen LogP contribution in [0.1, 0.15) is 5.56 Å². The van der Waals surface area contributed by atoms with Crippen molar-refractivity contribution in [1.29, 1.82) is 0 Å². The van der Waals surface area contributed by atoms with E-state index in [-0.39, 0.29) is 10.6 Å². The van der Waals surface area contributed by atoms with Crippen LogP contribution in [0.2, 0.25) is 0 Å². The highest BCUT2D eigenvalue weighted by Gasteiger charge is 2.31. The van der Waals surface area contributed by atoms with Crippen LogP contribution in [0.15, 0.2) is 53.7 Å². The van der Waals surface area contributed by atoms with E-state index >= 15 is 0 Å². The summed E-state index contributed by atoms with van der Waals surface area (Å²) in [5.74, 6) is -0.515. The van der Waals surface area contributed by atoms with Gasteiger partial charge in [0.25, 0.3) is 10.0 Å². The molecule has 0 amide bonds. The summed E-state index contributed by atoms with van der Waals surface area (Å²) in [5, 5.41) is 10.8. The minimum atomic E-state index is -4.85. The Morgan fingerprint density at radius 3 is 2.41 bits per heavy atom. The van der Waals surface area contributed by atoms with E-state index in [1.165, 1.54) is 11.0 Å². The van der Waals surface area contributed by atoms with Crippen molar-refractivity contribution in [3.8, 4) is 11.4 Å². The summed E-state index contributed by atoms with van der Waals surface area (Å²) in [6.07, 6.45) is -3.49. The van der Waals surface area contributed by atoms with Crippen molar-refractivity contribution in [2.24, 2.45) is 0 Å². The van der Waals surface area contributed by atoms with Crippen molar-refractivity contribution in [2.75, 3.05) is 4.72 Å². The van der Waals surface area contributed by atoms with Crippen molar-refractivity contribution < 1.29 is 26.3 Å². The van der Waals surface area contributed by atoms with Gasteiger partial charge in [0.1, 0.15) is 12.1 Å². The van der Waals surface area contributed by atoms with Gasteiger partial charge >= 0.3 is 6.36 Å². The molecule has 27 heavy (non-hydrogen) atoms. The molecule has 0 saturated heterocycles. The molecule has 0 radical (unpaired) electrons. The topological polar surface area (TPSA) is 99.0 Å². The van der Waals surface area contributed by atoms with E-state index in [0.29, 0.717) is 11.3 Å². The SMILES string of the molecule is Cc1c(NS(=O)(=O)c2ccc(OC(F)(F)F)cc2)cccc1-n1cnnn1. The summed E-state index contributed by atoms with van der Waals surface area (Å²) in [5.41, 5.74) is 1.40. The van der Waals surface area contributed by atoms with Crippen LogP contribution in [-0.2, 0) is 10.0 Å². The number of ether oxygens (including phenoxy) is 1. The van der Waals surface area contributed by atoms with Gasteiger partial charge in [-0.05, 0) is 59.3 Å². The van der Waals surface area contributed by atoms with Gasteiger partial charge in [-0.2, -0.15) is 0 Å².